The van der Waals surface area contributed by atoms with Gasteiger partial charge in [0.1, 0.15) is 18.2 Å². The zero-order valence-corrected chi connectivity index (χ0v) is 17.9. The molecule has 3 heterocycles. The van der Waals surface area contributed by atoms with Crippen molar-refractivity contribution in [1.29, 1.82) is 0 Å². The van der Waals surface area contributed by atoms with Gasteiger partial charge in [-0.15, -0.1) is 10.2 Å². The molecule has 0 unspecified atom stereocenters. The van der Waals surface area contributed by atoms with Crippen LogP contribution in [-0.2, 0) is 14.8 Å². The number of sulfonamides is 1. The third kappa shape index (κ3) is 3.88. The lowest BCUT2D eigenvalue weighted by Crippen LogP contribution is -2.41. The zero-order valence-electron chi connectivity index (χ0n) is 16.2. The van der Waals surface area contributed by atoms with E-state index in [0.717, 1.165) is 17.8 Å². The number of amides is 1. The number of nitrogens with zero attached hydrogens (tertiary/aromatic N) is 3. The number of nitrogens with one attached hydrogen (secondary N) is 1. The molecule has 1 aliphatic carbocycles. The van der Waals surface area contributed by atoms with Crippen molar-refractivity contribution in [2.75, 3.05) is 31.6 Å². The van der Waals surface area contributed by atoms with Gasteiger partial charge in [-0.2, -0.15) is 4.31 Å². The summed E-state index contributed by atoms with van der Waals surface area (Å²) in [5.41, 5.74) is 0. The number of benzene rings is 1. The fraction of sp³-hybridized carbons (Fsp3) is 0.526. The van der Waals surface area contributed by atoms with Gasteiger partial charge in [-0.25, -0.2) is 8.42 Å². The lowest BCUT2D eigenvalue weighted by Gasteiger charge is -2.30. The fourth-order valence-electron chi connectivity index (χ4n) is 3.68. The number of piperidine rings is 1. The van der Waals surface area contributed by atoms with Crippen LogP contribution in [0.1, 0.15) is 36.6 Å². The Hall–Kier alpha value is -2.24. The van der Waals surface area contributed by atoms with Crippen LogP contribution in [0.5, 0.6) is 11.5 Å². The molecule has 0 bridgehead atoms. The van der Waals surface area contributed by atoms with Crippen molar-refractivity contribution in [3.05, 3.63) is 23.2 Å². The summed E-state index contributed by atoms with van der Waals surface area (Å²) in [6, 6.07) is 4.67. The predicted octanol–water partition coefficient (Wildman–Crippen LogP) is 2.23. The summed E-state index contributed by atoms with van der Waals surface area (Å²) >= 11 is 1.43. The summed E-state index contributed by atoms with van der Waals surface area (Å²) in [6.07, 6.45) is 3.20. The standard InChI is InChI=1S/C19H22N4O5S2/c24-17(20-19-22-21-18(29-19)13-1-2-13)12-5-7-23(8-6-12)30(25,26)14-3-4-15-16(11-14)28-10-9-27-15/h3-4,11-13H,1-2,5-10H2,(H,20,22,24). The number of hydrogen-bond donors (Lipinski definition) is 1. The quantitative estimate of drug-likeness (QED) is 0.744. The van der Waals surface area contributed by atoms with Crippen LogP contribution in [0, 0.1) is 5.92 Å². The molecule has 0 spiro atoms. The van der Waals surface area contributed by atoms with E-state index in [-0.39, 0.29) is 29.8 Å². The number of hydrogen-bond acceptors (Lipinski definition) is 8. The van der Waals surface area contributed by atoms with E-state index in [1.165, 1.54) is 27.8 Å². The Balaban J connectivity index is 1.21. The molecule has 3 aliphatic rings. The number of carbonyl (C=O) groups is 1. The van der Waals surface area contributed by atoms with Crippen LogP contribution in [0.2, 0.25) is 0 Å². The maximum absolute atomic E-state index is 13.0. The molecule has 1 saturated heterocycles. The monoisotopic (exact) mass is 450 g/mol. The van der Waals surface area contributed by atoms with E-state index >= 15 is 0 Å². The molecule has 1 N–H and O–H groups in total. The van der Waals surface area contributed by atoms with E-state index in [1.807, 2.05) is 0 Å². The fourth-order valence-corrected chi connectivity index (χ4v) is 6.08. The molecular weight excluding hydrogens is 428 g/mol. The molecule has 1 saturated carbocycles. The molecule has 1 aromatic heterocycles. The Morgan fingerprint density at radius 2 is 1.80 bits per heavy atom. The Labute approximate surface area is 178 Å². The Morgan fingerprint density at radius 3 is 2.53 bits per heavy atom. The molecule has 2 fully saturated rings. The first-order valence-electron chi connectivity index (χ1n) is 10.0. The zero-order chi connectivity index (χ0) is 20.7. The molecule has 30 heavy (non-hydrogen) atoms. The molecule has 160 valence electrons. The highest BCUT2D eigenvalue weighted by Gasteiger charge is 2.33. The second-order valence-corrected chi connectivity index (χ2v) is 10.6. The molecule has 2 aliphatic heterocycles. The van der Waals surface area contributed by atoms with Gasteiger partial charge < -0.3 is 14.8 Å². The van der Waals surface area contributed by atoms with E-state index in [9.17, 15) is 13.2 Å². The number of aromatic nitrogens is 2. The number of ether oxygens (including phenoxy) is 2. The molecule has 1 amide bonds. The van der Waals surface area contributed by atoms with Crippen molar-refractivity contribution in [3.8, 4) is 11.5 Å². The van der Waals surface area contributed by atoms with E-state index in [4.69, 9.17) is 9.47 Å². The summed E-state index contributed by atoms with van der Waals surface area (Å²) in [5.74, 6) is 1.13. The first-order chi connectivity index (χ1) is 14.5. The number of fused-ring (bicyclic) bond motifs is 1. The molecular formula is C19H22N4O5S2. The molecule has 0 radical (unpaired) electrons. The largest absolute Gasteiger partial charge is 0.486 e. The van der Waals surface area contributed by atoms with Gasteiger partial charge in [0.05, 0.1) is 4.90 Å². The van der Waals surface area contributed by atoms with Gasteiger partial charge in [0, 0.05) is 31.0 Å². The van der Waals surface area contributed by atoms with Crippen LogP contribution in [0.15, 0.2) is 23.1 Å². The highest BCUT2D eigenvalue weighted by atomic mass is 32.2. The normalized spacial score (nSPS) is 20.1. The van der Waals surface area contributed by atoms with Crippen LogP contribution in [0.3, 0.4) is 0 Å². The van der Waals surface area contributed by atoms with Gasteiger partial charge in [0.15, 0.2) is 11.5 Å². The minimum Gasteiger partial charge on any atom is -0.486 e. The van der Waals surface area contributed by atoms with Crippen molar-refractivity contribution in [2.45, 2.75) is 36.5 Å². The maximum Gasteiger partial charge on any atom is 0.243 e. The summed E-state index contributed by atoms with van der Waals surface area (Å²) < 4.78 is 38.4. The van der Waals surface area contributed by atoms with Crippen molar-refractivity contribution in [1.82, 2.24) is 14.5 Å². The number of anilines is 1. The van der Waals surface area contributed by atoms with Gasteiger partial charge in [0.2, 0.25) is 21.1 Å². The van der Waals surface area contributed by atoms with Gasteiger partial charge >= 0.3 is 0 Å². The van der Waals surface area contributed by atoms with Crippen molar-refractivity contribution < 1.29 is 22.7 Å². The van der Waals surface area contributed by atoms with Gasteiger partial charge in [-0.3, -0.25) is 4.79 Å². The van der Waals surface area contributed by atoms with Crippen LogP contribution in [0.25, 0.3) is 0 Å². The first-order valence-corrected chi connectivity index (χ1v) is 12.3. The summed E-state index contributed by atoms with van der Waals surface area (Å²) in [4.78, 5) is 12.8. The number of carbonyl (C=O) groups excluding carboxylic acids is 1. The topological polar surface area (TPSA) is 111 Å². The average Bonchev–Trinajstić information content (AvgIpc) is 3.52. The van der Waals surface area contributed by atoms with Gasteiger partial charge in [-0.1, -0.05) is 11.3 Å². The third-order valence-corrected chi connectivity index (χ3v) is 8.47. The summed E-state index contributed by atoms with van der Waals surface area (Å²) in [7, 11) is -3.66. The van der Waals surface area contributed by atoms with Gasteiger partial charge in [0.25, 0.3) is 0 Å². The predicted molar refractivity (Wildman–Crippen MR) is 109 cm³/mol. The van der Waals surface area contributed by atoms with Crippen LogP contribution >= 0.6 is 11.3 Å². The number of rotatable bonds is 5. The SMILES string of the molecule is O=C(Nc1nnc(C2CC2)s1)C1CCN(S(=O)(=O)c2ccc3c(c2)OCCO3)CC1. The second kappa shape index (κ2) is 7.78. The Bertz CT molecular complexity index is 1060. The molecule has 0 atom stereocenters. The smallest absolute Gasteiger partial charge is 0.243 e. The molecule has 11 heteroatoms. The lowest BCUT2D eigenvalue weighted by atomic mass is 9.97. The van der Waals surface area contributed by atoms with Crippen molar-refractivity contribution in [3.63, 3.8) is 0 Å². The van der Waals surface area contributed by atoms with E-state index in [2.05, 4.69) is 15.5 Å². The highest BCUT2D eigenvalue weighted by molar-refractivity contribution is 7.89. The van der Waals surface area contributed by atoms with Crippen molar-refractivity contribution in [2.24, 2.45) is 5.92 Å². The van der Waals surface area contributed by atoms with Crippen LogP contribution < -0.4 is 14.8 Å². The molecule has 9 nitrogen and oxygen atoms in total. The molecule has 5 rings (SSSR count). The van der Waals surface area contributed by atoms with Crippen molar-refractivity contribution >= 4 is 32.4 Å². The highest BCUT2D eigenvalue weighted by Crippen LogP contribution is 2.42. The van der Waals surface area contributed by atoms with Gasteiger partial charge in [-0.05, 0) is 37.8 Å². The van der Waals surface area contributed by atoms with E-state index in [1.54, 1.807) is 6.07 Å². The minimum atomic E-state index is -3.66. The summed E-state index contributed by atoms with van der Waals surface area (Å²) in [6.45, 7) is 1.43. The minimum absolute atomic E-state index is 0.120. The van der Waals surface area contributed by atoms with E-state index in [0.29, 0.717) is 48.6 Å². The third-order valence-electron chi connectivity index (χ3n) is 5.57. The summed E-state index contributed by atoms with van der Waals surface area (Å²) in [5, 5.41) is 12.5. The maximum atomic E-state index is 13.0. The van der Waals surface area contributed by atoms with Crippen LogP contribution in [0.4, 0.5) is 5.13 Å². The first kappa shape index (κ1) is 19.7. The average molecular weight is 451 g/mol. The Kier molecular flexibility index (Phi) is 5.11. The Morgan fingerprint density at radius 1 is 1.07 bits per heavy atom. The van der Waals surface area contributed by atoms with Crippen LogP contribution in [-0.4, -0.2) is 55.1 Å². The second-order valence-electron chi connectivity index (χ2n) is 7.69. The molecule has 2 aromatic rings. The molecule has 1 aromatic carbocycles. The van der Waals surface area contributed by atoms with E-state index < -0.39 is 10.0 Å². The lowest BCUT2D eigenvalue weighted by molar-refractivity contribution is -0.120.